The van der Waals surface area contributed by atoms with Crippen LogP contribution in [0.1, 0.15) is 19.3 Å². The average Bonchev–Trinajstić information content (AvgIpc) is 2.34. The van der Waals surface area contributed by atoms with Gasteiger partial charge in [-0.05, 0) is 0 Å². The number of cyclic esters (lactones) is 1. The molecule has 1 unspecified atom stereocenters. The molecule has 0 saturated carbocycles. The Morgan fingerprint density at radius 1 is 1.67 bits per heavy atom. The van der Waals surface area contributed by atoms with Crippen molar-refractivity contribution in [3.8, 4) is 0 Å². The monoisotopic (exact) mass is 174 g/mol. The number of carbonyl (C=O) groups excluding carboxylic acids is 1. The number of hydrogen-bond acceptors (Lipinski definition) is 4. The molecule has 2 N–H and O–H groups in total. The van der Waals surface area contributed by atoms with Gasteiger partial charge in [0.15, 0.2) is 0 Å². The van der Waals surface area contributed by atoms with Crippen LogP contribution in [-0.2, 0) is 14.3 Å². The zero-order chi connectivity index (χ0) is 9.19. The fourth-order valence-corrected chi connectivity index (χ4v) is 1.24. The topological polar surface area (TPSA) is 83.8 Å². The molecule has 0 spiro atoms. The zero-order valence-electron chi connectivity index (χ0n) is 6.45. The van der Waals surface area contributed by atoms with Gasteiger partial charge in [-0.3, -0.25) is 4.79 Å². The van der Waals surface area contributed by atoms with E-state index in [4.69, 9.17) is 10.2 Å². The first-order valence-corrected chi connectivity index (χ1v) is 3.67. The molecule has 68 valence electrons. The van der Waals surface area contributed by atoms with E-state index in [-0.39, 0.29) is 25.9 Å². The Morgan fingerprint density at radius 3 is 2.67 bits per heavy atom. The van der Waals surface area contributed by atoms with Crippen LogP contribution in [0.3, 0.4) is 0 Å². The van der Waals surface area contributed by atoms with E-state index >= 15 is 0 Å². The van der Waals surface area contributed by atoms with E-state index in [1.807, 2.05) is 0 Å². The van der Waals surface area contributed by atoms with Crippen molar-refractivity contribution >= 4 is 11.9 Å². The number of carboxylic acids is 1. The van der Waals surface area contributed by atoms with Gasteiger partial charge >= 0.3 is 11.9 Å². The van der Waals surface area contributed by atoms with Gasteiger partial charge in [-0.2, -0.15) is 0 Å². The van der Waals surface area contributed by atoms with E-state index in [2.05, 4.69) is 4.74 Å². The van der Waals surface area contributed by atoms with Gasteiger partial charge in [0, 0.05) is 25.9 Å². The molecule has 1 atom stereocenters. The van der Waals surface area contributed by atoms with Crippen LogP contribution in [0.5, 0.6) is 0 Å². The minimum atomic E-state index is -1.47. The largest absolute Gasteiger partial charge is 0.478 e. The standard InChI is InChI=1S/C7H10O5/c8-4-3-7(6(10)11)2-1-5(9)12-7/h8H,1-4H2,(H,10,11). The lowest BCUT2D eigenvalue weighted by molar-refractivity contribution is -0.171. The summed E-state index contributed by atoms with van der Waals surface area (Å²) < 4.78 is 4.65. The van der Waals surface area contributed by atoms with Gasteiger partial charge in [-0.1, -0.05) is 0 Å². The van der Waals surface area contributed by atoms with Crippen LogP contribution in [0, 0.1) is 0 Å². The van der Waals surface area contributed by atoms with Crippen molar-refractivity contribution in [1.29, 1.82) is 0 Å². The maximum absolute atomic E-state index is 10.7. The lowest BCUT2D eigenvalue weighted by Crippen LogP contribution is -2.39. The SMILES string of the molecule is O=C1CCC(CCO)(C(=O)O)O1. The first-order chi connectivity index (χ1) is 5.60. The Morgan fingerprint density at radius 2 is 2.33 bits per heavy atom. The minimum absolute atomic E-state index is 0.0337. The molecule has 0 aromatic carbocycles. The lowest BCUT2D eigenvalue weighted by Gasteiger charge is -2.20. The number of esters is 1. The molecule has 1 saturated heterocycles. The van der Waals surface area contributed by atoms with Gasteiger partial charge in [-0.15, -0.1) is 0 Å². The fraction of sp³-hybridized carbons (Fsp3) is 0.714. The maximum Gasteiger partial charge on any atom is 0.348 e. The second-order valence-electron chi connectivity index (χ2n) is 2.75. The number of aliphatic hydroxyl groups excluding tert-OH is 1. The normalized spacial score (nSPS) is 28.6. The number of ether oxygens (including phenoxy) is 1. The van der Waals surface area contributed by atoms with E-state index in [0.29, 0.717) is 0 Å². The van der Waals surface area contributed by atoms with Crippen LogP contribution >= 0.6 is 0 Å². The zero-order valence-corrected chi connectivity index (χ0v) is 6.45. The highest BCUT2D eigenvalue weighted by atomic mass is 16.6. The summed E-state index contributed by atoms with van der Waals surface area (Å²) in [5.74, 6) is -1.69. The molecule has 0 amide bonds. The highest BCUT2D eigenvalue weighted by Crippen LogP contribution is 2.29. The molecule has 1 fully saturated rings. The number of hydrogen-bond donors (Lipinski definition) is 2. The van der Waals surface area contributed by atoms with Crippen molar-refractivity contribution in [3.05, 3.63) is 0 Å². The molecule has 1 aliphatic heterocycles. The van der Waals surface area contributed by atoms with Crippen molar-refractivity contribution in [2.45, 2.75) is 24.9 Å². The molecule has 5 nitrogen and oxygen atoms in total. The van der Waals surface area contributed by atoms with E-state index in [1.54, 1.807) is 0 Å². The first kappa shape index (κ1) is 8.99. The van der Waals surface area contributed by atoms with Crippen LogP contribution in [0.15, 0.2) is 0 Å². The Bertz CT molecular complexity index is 212. The Kier molecular flexibility index (Phi) is 2.32. The number of aliphatic carboxylic acids is 1. The van der Waals surface area contributed by atoms with Crippen molar-refractivity contribution in [2.75, 3.05) is 6.61 Å². The summed E-state index contributed by atoms with van der Waals surface area (Å²) in [5, 5.41) is 17.3. The molecule has 1 rings (SSSR count). The summed E-state index contributed by atoms with van der Waals surface area (Å²) in [5.41, 5.74) is -1.47. The number of rotatable bonds is 3. The third-order valence-corrected chi connectivity index (χ3v) is 1.95. The summed E-state index contributed by atoms with van der Waals surface area (Å²) in [6, 6.07) is 0. The van der Waals surface area contributed by atoms with Gasteiger partial charge < -0.3 is 14.9 Å². The van der Waals surface area contributed by atoms with E-state index in [9.17, 15) is 9.59 Å². The summed E-state index contributed by atoms with van der Waals surface area (Å²) >= 11 is 0. The van der Waals surface area contributed by atoms with Gasteiger partial charge in [0.25, 0.3) is 0 Å². The van der Waals surface area contributed by atoms with Crippen molar-refractivity contribution in [1.82, 2.24) is 0 Å². The highest BCUT2D eigenvalue weighted by molar-refractivity contribution is 5.85. The van der Waals surface area contributed by atoms with Crippen molar-refractivity contribution in [2.24, 2.45) is 0 Å². The summed E-state index contributed by atoms with van der Waals surface area (Å²) in [6.07, 6.45) is 0.238. The van der Waals surface area contributed by atoms with Gasteiger partial charge in [0.05, 0.1) is 0 Å². The summed E-state index contributed by atoms with van der Waals surface area (Å²) in [7, 11) is 0. The maximum atomic E-state index is 10.7. The van der Waals surface area contributed by atoms with E-state index < -0.39 is 17.5 Å². The Balaban J connectivity index is 2.74. The second-order valence-corrected chi connectivity index (χ2v) is 2.75. The number of carboxylic acid groups (broad SMARTS) is 1. The molecule has 0 aliphatic carbocycles. The number of carbonyl (C=O) groups is 2. The molecule has 0 bridgehead atoms. The lowest BCUT2D eigenvalue weighted by atomic mass is 9.97. The van der Waals surface area contributed by atoms with Crippen molar-refractivity contribution < 1.29 is 24.5 Å². The molecule has 1 aliphatic rings. The van der Waals surface area contributed by atoms with Crippen LogP contribution in [0.25, 0.3) is 0 Å². The Labute approximate surface area is 68.9 Å². The number of aliphatic hydroxyl groups is 1. The molecule has 1 heterocycles. The third kappa shape index (κ3) is 1.40. The predicted octanol–water partition coefficient (Wildman–Crippen LogP) is -0.471. The van der Waals surface area contributed by atoms with Crippen LogP contribution < -0.4 is 0 Å². The smallest absolute Gasteiger partial charge is 0.348 e. The van der Waals surface area contributed by atoms with Gasteiger partial charge in [-0.25, -0.2) is 4.79 Å². The molecular weight excluding hydrogens is 164 g/mol. The first-order valence-electron chi connectivity index (χ1n) is 3.67. The quantitative estimate of drug-likeness (QED) is 0.565. The summed E-state index contributed by atoms with van der Waals surface area (Å²) in [4.78, 5) is 21.3. The predicted molar refractivity (Wildman–Crippen MR) is 37.4 cm³/mol. The average molecular weight is 174 g/mol. The van der Waals surface area contributed by atoms with Crippen LogP contribution in [0.4, 0.5) is 0 Å². The van der Waals surface area contributed by atoms with Crippen LogP contribution in [-0.4, -0.2) is 34.4 Å². The van der Waals surface area contributed by atoms with Gasteiger partial charge in [0.2, 0.25) is 5.60 Å². The Hall–Kier alpha value is -1.10. The molecular formula is C7H10O5. The van der Waals surface area contributed by atoms with E-state index in [0.717, 1.165) is 0 Å². The second kappa shape index (κ2) is 3.10. The molecule has 5 heteroatoms. The van der Waals surface area contributed by atoms with E-state index in [1.165, 1.54) is 0 Å². The molecule has 12 heavy (non-hydrogen) atoms. The van der Waals surface area contributed by atoms with Gasteiger partial charge in [0.1, 0.15) is 0 Å². The minimum Gasteiger partial charge on any atom is -0.478 e. The van der Waals surface area contributed by atoms with Crippen molar-refractivity contribution in [3.63, 3.8) is 0 Å². The van der Waals surface area contributed by atoms with Crippen LogP contribution in [0.2, 0.25) is 0 Å². The third-order valence-electron chi connectivity index (χ3n) is 1.95. The summed E-state index contributed by atoms with van der Waals surface area (Å²) in [6.45, 7) is -0.292. The highest BCUT2D eigenvalue weighted by Gasteiger charge is 2.46. The molecule has 0 aromatic heterocycles. The fourth-order valence-electron chi connectivity index (χ4n) is 1.24. The molecule has 0 aromatic rings. The molecule has 0 radical (unpaired) electrons.